The first kappa shape index (κ1) is 17.3. The van der Waals surface area contributed by atoms with Crippen LogP contribution in [-0.2, 0) is 0 Å². The largest absolute Gasteiger partial charge is 0.206 e. The van der Waals surface area contributed by atoms with Gasteiger partial charge in [-0.25, -0.2) is 4.39 Å². The van der Waals surface area contributed by atoms with Crippen LogP contribution in [0.15, 0.2) is 67.3 Å². The molecule has 1 fully saturated rings. The van der Waals surface area contributed by atoms with E-state index in [2.05, 4.69) is 24.8 Å². The van der Waals surface area contributed by atoms with Crippen LogP contribution < -0.4 is 0 Å². The molecule has 0 bridgehead atoms. The SMILES string of the molecule is C=C[C@H]1CC[C@H](c2ccc3c(F)c(-c4ccc(Cl)cc4)ccc3c2)CC1. The van der Waals surface area contributed by atoms with Crippen LogP contribution in [0.25, 0.3) is 21.9 Å². The molecule has 0 saturated heterocycles. The van der Waals surface area contributed by atoms with Crippen molar-refractivity contribution in [2.24, 2.45) is 5.92 Å². The number of fused-ring (bicyclic) bond motifs is 1. The Morgan fingerprint density at radius 3 is 2.35 bits per heavy atom. The van der Waals surface area contributed by atoms with E-state index in [9.17, 15) is 0 Å². The van der Waals surface area contributed by atoms with Crippen molar-refractivity contribution in [3.8, 4) is 11.1 Å². The third kappa shape index (κ3) is 3.29. The molecule has 4 rings (SSSR count). The van der Waals surface area contributed by atoms with E-state index in [1.165, 1.54) is 31.2 Å². The lowest BCUT2D eigenvalue weighted by atomic mass is 9.78. The van der Waals surface area contributed by atoms with Crippen molar-refractivity contribution >= 4 is 22.4 Å². The van der Waals surface area contributed by atoms with Gasteiger partial charge in [0.15, 0.2) is 0 Å². The lowest BCUT2D eigenvalue weighted by Gasteiger charge is -2.27. The molecule has 3 aromatic rings. The van der Waals surface area contributed by atoms with Crippen LogP contribution in [0.1, 0.15) is 37.2 Å². The molecule has 0 atom stereocenters. The predicted molar refractivity (Wildman–Crippen MR) is 109 cm³/mol. The van der Waals surface area contributed by atoms with E-state index in [4.69, 9.17) is 11.6 Å². The smallest absolute Gasteiger partial charge is 0.138 e. The van der Waals surface area contributed by atoms with Crippen molar-refractivity contribution < 1.29 is 4.39 Å². The van der Waals surface area contributed by atoms with Crippen LogP contribution in [-0.4, -0.2) is 0 Å². The van der Waals surface area contributed by atoms with Gasteiger partial charge in [-0.3, -0.25) is 0 Å². The van der Waals surface area contributed by atoms with Crippen molar-refractivity contribution in [1.29, 1.82) is 0 Å². The standard InChI is InChI=1S/C24H22ClF/c1-2-16-3-5-17(6-4-16)19-9-13-23-20(15-19)10-14-22(24(23)26)18-7-11-21(25)12-8-18/h2,7-17H,1,3-6H2/t16-,17-. The Balaban J connectivity index is 1.67. The summed E-state index contributed by atoms with van der Waals surface area (Å²) in [5, 5.41) is 2.32. The monoisotopic (exact) mass is 364 g/mol. The zero-order valence-corrected chi connectivity index (χ0v) is 15.5. The van der Waals surface area contributed by atoms with E-state index in [-0.39, 0.29) is 5.82 Å². The van der Waals surface area contributed by atoms with Crippen molar-refractivity contribution in [3.05, 3.63) is 83.7 Å². The molecular formula is C24H22ClF. The second-order valence-corrected chi connectivity index (χ2v) is 7.70. The first-order chi connectivity index (χ1) is 12.7. The molecular weight excluding hydrogens is 343 g/mol. The molecule has 132 valence electrons. The zero-order valence-electron chi connectivity index (χ0n) is 14.7. The molecule has 0 aromatic heterocycles. The lowest BCUT2D eigenvalue weighted by molar-refractivity contribution is 0.376. The van der Waals surface area contributed by atoms with E-state index in [1.54, 1.807) is 12.1 Å². The zero-order chi connectivity index (χ0) is 18.1. The number of allylic oxidation sites excluding steroid dienone is 1. The quantitative estimate of drug-likeness (QED) is 0.416. The molecule has 0 radical (unpaired) electrons. The van der Waals surface area contributed by atoms with Gasteiger partial charge < -0.3 is 0 Å². The Morgan fingerprint density at radius 1 is 0.923 bits per heavy atom. The summed E-state index contributed by atoms with van der Waals surface area (Å²) in [4.78, 5) is 0. The van der Waals surface area contributed by atoms with Crippen molar-refractivity contribution in [3.63, 3.8) is 0 Å². The molecule has 3 aromatic carbocycles. The summed E-state index contributed by atoms with van der Waals surface area (Å²) in [7, 11) is 0. The Bertz CT molecular complexity index is 934. The number of hydrogen-bond donors (Lipinski definition) is 0. The minimum atomic E-state index is -0.160. The molecule has 26 heavy (non-hydrogen) atoms. The molecule has 0 amide bonds. The fraction of sp³-hybridized carbons (Fsp3) is 0.250. The van der Waals surface area contributed by atoms with Gasteiger partial charge in [0.1, 0.15) is 5.82 Å². The van der Waals surface area contributed by atoms with Crippen LogP contribution >= 0.6 is 11.6 Å². The Morgan fingerprint density at radius 2 is 1.65 bits per heavy atom. The number of halogens is 2. The highest BCUT2D eigenvalue weighted by Gasteiger charge is 2.21. The van der Waals surface area contributed by atoms with Crippen LogP contribution in [0.2, 0.25) is 5.02 Å². The highest BCUT2D eigenvalue weighted by Crippen LogP contribution is 2.38. The lowest BCUT2D eigenvalue weighted by Crippen LogP contribution is -2.11. The normalized spacial score (nSPS) is 20.2. The molecule has 0 aliphatic heterocycles. The molecule has 1 saturated carbocycles. The minimum Gasteiger partial charge on any atom is -0.206 e. The average molecular weight is 365 g/mol. The average Bonchev–Trinajstić information content (AvgIpc) is 2.69. The third-order valence-electron chi connectivity index (χ3n) is 5.71. The topological polar surface area (TPSA) is 0 Å². The van der Waals surface area contributed by atoms with Crippen LogP contribution in [0, 0.1) is 11.7 Å². The summed E-state index contributed by atoms with van der Waals surface area (Å²) in [6.45, 7) is 3.92. The van der Waals surface area contributed by atoms with Crippen molar-refractivity contribution in [2.45, 2.75) is 31.6 Å². The van der Waals surface area contributed by atoms with Gasteiger partial charge >= 0.3 is 0 Å². The minimum absolute atomic E-state index is 0.160. The maximum atomic E-state index is 15.1. The first-order valence-electron chi connectivity index (χ1n) is 9.26. The Kier molecular flexibility index (Phi) is 4.82. The van der Waals surface area contributed by atoms with Gasteiger partial charge in [-0.1, -0.05) is 60.1 Å². The summed E-state index contributed by atoms with van der Waals surface area (Å²) >= 11 is 5.94. The molecule has 1 aliphatic carbocycles. The summed E-state index contributed by atoms with van der Waals surface area (Å²) in [5.74, 6) is 1.08. The van der Waals surface area contributed by atoms with Gasteiger partial charge in [-0.15, -0.1) is 6.58 Å². The van der Waals surface area contributed by atoms with Gasteiger partial charge in [0, 0.05) is 16.0 Å². The second-order valence-electron chi connectivity index (χ2n) is 7.26. The molecule has 0 unspecified atom stereocenters. The van der Waals surface area contributed by atoms with Gasteiger partial charge in [0.05, 0.1) is 0 Å². The Hall–Kier alpha value is -2.12. The van der Waals surface area contributed by atoms with E-state index in [0.29, 0.717) is 27.8 Å². The first-order valence-corrected chi connectivity index (χ1v) is 9.64. The Labute approximate surface area is 159 Å². The fourth-order valence-corrected chi connectivity index (χ4v) is 4.23. The fourth-order valence-electron chi connectivity index (χ4n) is 4.10. The summed E-state index contributed by atoms with van der Waals surface area (Å²) in [5.41, 5.74) is 2.80. The molecule has 2 heteroatoms. The van der Waals surface area contributed by atoms with Crippen LogP contribution in [0.4, 0.5) is 4.39 Å². The number of benzene rings is 3. The van der Waals surface area contributed by atoms with E-state index in [0.717, 1.165) is 10.9 Å². The molecule has 0 spiro atoms. The van der Waals surface area contributed by atoms with Crippen molar-refractivity contribution in [2.75, 3.05) is 0 Å². The molecule has 1 aliphatic rings. The van der Waals surface area contributed by atoms with E-state index in [1.807, 2.05) is 30.3 Å². The van der Waals surface area contributed by atoms with Crippen LogP contribution in [0.3, 0.4) is 0 Å². The van der Waals surface area contributed by atoms with E-state index < -0.39 is 0 Å². The van der Waals surface area contributed by atoms with E-state index >= 15 is 4.39 Å². The predicted octanol–water partition coefficient (Wildman–Crippen LogP) is 7.76. The van der Waals surface area contributed by atoms with Gasteiger partial charge in [-0.05, 0) is 66.2 Å². The van der Waals surface area contributed by atoms with Gasteiger partial charge in [0.2, 0.25) is 0 Å². The molecule has 0 N–H and O–H groups in total. The van der Waals surface area contributed by atoms with Crippen molar-refractivity contribution in [1.82, 2.24) is 0 Å². The maximum Gasteiger partial charge on any atom is 0.138 e. The maximum absolute atomic E-state index is 15.1. The third-order valence-corrected chi connectivity index (χ3v) is 5.96. The highest BCUT2D eigenvalue weighted by molar-refractivity contribution is 6.30. The van der Waals surface area contributed by atoms with Crippen LogP contribution in [0.5, 0.6) is 0 Å². The summed E-state index contributed by atoms with van der Waals surface area (Å²) in [6.07, 6.45) is 6.87. The highest BCUT2D eigenvalue weighted by atomic mass is 35.5. The summed E-state index contributed by atoms with van der Waals surface area (Å²) in [6, 6.07) is 17.4. The molecule has 0 heterocycles. The molecule has 0 nitrogen and oxygen atoms in total. The van der Waals surface area contributed by atoms with Gasteiger partial charge in [-0.2, -0.15) is 0 Å². The van der Waals surface area contributed by atoms with Gasteiger partial charge in [0.25, 0.3) is 0 Å². The number of hydrogen-bond acceptors (Lipinski definition) is 0. The second kappa shape index (κ2) is 7.25. The summed E-state index contributed by atoms with van der Waals surface area (Å²) < 4.78 is 15.1. The number of rotatable bonds is 3.